The fourth-order valence-electron chi connectivity index (χ4n) is 1.89. The topological polar surface area (TPSA) is 137 Å². The SMILES string of the molecule is O=C(COc1c(Cl)cc(Cl)cc1[N+](=O)[O-])NN=Cc1cccc([N+](=O)[O-])c1. The molecule has 2 rings (SSSR count). The fraction of sp³-hybridized carbons (Fsp3) is 0.0667. The second kappa shape index (κ2) is 8.92. The van der Waals surface area contributed by atoms with Gasteiger partial charge in [0.15, 0.2) is 6.61 Å². The molecular formula is C15H10Cl2N4O6. The number of hydrogen-bond acceptors (Lipinski definition) is 7. The van der Waals surface area contributed by atoms with E-state index in [1.165, 1.54) is 30.5 Å². The van der Waals surface area contributed by atoms with Crippen LogP contribution >= 0.6 is 23.2 Å². The molecule has 27 heavy (non-hydrogen) atoms. The van der Waals surface area contributed by atoms with Crippen LogP contribution in [0.15, 0.2) is 41.5 Å². The highest BCUT2D eigenvalue weighted by molar-refractivity contribution is 6.36. The van der Waals surface area contributed by atoms with Crippen LogP contribution in [0.25, 0.3) is 0 Å². The van der Waals surface area contributed by atoms with E-state index in [0.29, 0.717) is 5.56 Å². The summed E-state index contributed by atoms with van der Waals surface area (Å²) in [6.45, 7) is -0.603. The van der Waals surface area contributed by atoms with Gasteiger partial charge in [-0.25, -0.2) is 5.43 Å². The average molecular weight is 413 g/mol. The molecule has 0 aliphatic rings. The zero-order valence-electron chi connectivity index (χ0n) is 13.3. The van der Waals surface area contributed by atoms with E-state index in [-0.39, 0.29) is 21.5 Å². The molecule has 0 bridgehead atoms. The van der Waals surface area contributed by atoms with Crippen LogP contribution in [-0.2, 0) is 4.79 Å². The van der Waals surface area contributed by atoms with Gasteiger partial charge in [0.2, 0.25) is 5.75 Å². The van der Waals surface area contributed by atoms with Gasteiger partial charge in [-0.2, -0.15) is 5.10 Å². The van der Waals surface area contributed by atoms with E-state index >= 15 is 0 Å². The Hall–Kier alpha value is -3.24. The number of nitro groups is 2. The van der Waals surface area contributed by atoms with Gasteiger partial charge in [-0.15, -0.1) is 0 Å². The first kappa shape index (κ1) is 20.1. The molecule has 140 valence electrons. The summed E-state index contributed by atoms with van der Waals surface area (Å²) in [5.41, 5.74) is 1.90. The number of carbonyl (C=O) groups excluding carboxylic acids is 1. The van der Waals surface area contributed by atoms with Gasteiger partial charge < -0.3 is 4.74 Å². The zero-order valence-corrected chi connectivity index (χ0v) is 14.8. The Morgan fingerprint density at radius 1 is 1.19 bits per heavy atom. The summed E-state index contributed by atoms with van der Waals surface area (Å²) in [6.07, 6.45) is 1.20. The summed E-state index contributed by atoms with van der Waals surface area (Å²) in [6, 6.07) is 7.88. The first-order valence-electron chi connectivity index (χ1n) is 7.10. The molecule has 0 aliphatic carbocycles. The van der Waals surface area contributed by atoms with Crippen molar-refractivity contribution in [3.63, 3.8) is 0 Å². The third-order valence-electron chi connectivity index (χ3n) is 3.02. The van der Waals surface area contributed by atoms with Crippen LogP contribution in [0.3, 0.4) is 0 Å². The number of halogens is 2. The zero-order chi connectivity index (χ0) is 20.0. The Morgan fingerprint density at radius 3 is 2.59 bits per heavy atom. The van der Waals surface area contributed by atoms with Gasteiger partial charge in [0.1, 0.15) is 0 Å². The number of non-ortho nitro benzene ring substituents is 1. The number of nitrogens with zero attached hydrogens (tertiary/aromatic N) is 3. The van der Waals surface area contributed by atoms with Gasteiger partial charge in [-0.05, 0) is 6.07 Å². The Morgan fingerprint density at radius 2 is 1.93 bits per heavy atom. The summed E-state index contributed by atoms with van der Waals surface area (Å²) in [5, 5.41) is 25.3. The minimum absolute atomic E-state index is 0.0463. The first-order valence-corrected chi connectivity index (χ1v) is 7.86. The minimum atomic E-state index is -0.745. The molecule has 0 fully saturated rings. The number of carbonyl (C=O) groups is 1. The lowest BCUT2D eigenvalue weighted by Crippen LogP contribution is -2.24. The Labute approximate surface area is 161 Å². The van der Waals surface area contributed by atoms with Crippen molar-refractivity contribution in [1.29, 1.82) is 0 Å². The van der Waals surface area contributed by atoms with Crippen molar-refractivity contribution in [2.75, 3.05) is 6.61 Å². The van der Waals surface area contributed by atoms with Gasteiger partial charge in [0, 0.05) is 28.8 Å². The van der Waals surface area contributed by atoms with E-state index < -0.39 is 28.0 Å². The number of ether oxygens (including phenoxy) is 1. The number of nitro benzene ring substituents is 2. The molecular weight excluding hydrogens is 403 g/mol. The number of rotatable bonds is 7. The van der Waals surface area contributed by atoms with Crippen LogP contribution in [0.2, 0.25) is 10.0 Å². The summed E-state index contributed by atoms with van der Waals surface area (Å²) in [5.74, 6) is -1.03. The number of benzene rings is 2. The molecule has 2 aromatic carbocycles. The van der Waals surface area contributed by atoms with Crippen molar-refractivity contribution in [1.82, 2.24) is 5.43 Å². The van der Waals surface area contributed by atoms with Crippen molar-refractivity contribution in [3.05, 3.63) is 72.2 Å². The summed E-state index contributed by atoms with van der Waals surface area (Å²) < 4.78 is 5.09. The second-order valence-corrected chi connectivity index (χ2v) is 5.77. The van der Waals surface area contributed by atoms with E-state index in [1.807, 2.05) is 0 Å². The first-order chi connectivity index (χ1) is 12.8. The van der Waals surface area contributed by atoms with Crippen LogP contribution in [0.4, 0.5) is 11.4 Å². The van der Waals surface area contributed by atoms with Gasteiger partial charge in [0.05, 0.1) is 21.1 Å². The molecule has 2 aromatic rings. The molecule has 0 saturated heterocycles. The third kappa shape index (κ3) is 5.62. The molecule has 0 atom stereocenters. The number of nitrogens with one attached hydrogen (secondary N) is 1. The van der Waals surface area contributed by atoms with Crippen LogP contribution in [0.1, 0.15) is 5.56 Å². The molecule has 0 spiro atoms. The van der Waals surface area contributed by atoms with Gasteiger partial charge in [-0.1, -0.05) is 35.3 Å². The number of hydrazone groups is 1. The highest BCUT2D eigenvalue weighted by atomic mass is 35.5. The summed E-state index contributed by atoms with van der Waals surface area (Å²) in [4.78, 5) is 32.1. The van der Waals surface area contributed by atoms with Gasteiger partial charge in [0.25, 0.3) is 11.6 Å². The fourth-order valence-corrected chi connectivity index (χ4v) is 2.43. The molecule has 1 N–H and O–H groups in total. The summed E-state index contributed by atoms with van der Waals surface area (Å²) >= 11 is 11.6. The molecule has 0 heterocycles. The maximum Gasteiger partial charge on any atom is 0.314 e. The van der Waals surface area contributed by atoms with Crippen LogP contribution in [0.5, 0.6) is 5.75 Å². The number of amides is 1. The lowest BCUT2D eigenvalue weighted by atomic mass is 10.2. The molecule has 12 heteroatoms. The van der Waals surface area contributed by atoms with Crippen molar-refractivity contribution in [3.8, 4) is 5.75 Å². The Bertz CT molecular complexity index is 935. The number of hydrogen-bond donors (Lipinski definition) is 1. The smallest absolute Gasteiger partial charge is 0.314 e. The van der Waals surface area contributed by atoms with Gasteiger partial charge >= 0.3 is 5.69 Å². The summed E-state index contributed by atoms with van der Waals surface area (Å²) in [7, 11) is 0. The van der Waals surface area contributed by atoms with Crippen LogP contribution in [0, 0.1) is 20.2 Å². The third-order valence-corrected chi connectivity index (χ3v) is 3.52. The molecule has 0 radical (unpaired) electrons. The molecule has 1 amide bonds. The molecule has 0 unspecified atom stereocenters. The van der Waals surface area contributed by atoms with Gasteiger partial charge in [-0.3, -0.25) is 25.0 Å². The van der Waals surface area contributed by atoms with E-state index in [9.17, 15) is 25.0 Å². The predicted octanol–water partition coefficient (Wildman–Crippen LogP) is 3.34. The lowest BCUT2D eigenvalue weighted by Gasteiger charge is -2.08. The molecule has 0 aromatic heterocycles. The standard InChI is InChI=1S/C15H10Cl2N4O6/c16-10-5-12(17)15(13(6-10)21(25)26)27-8-14(22)19-18-7-9-2-1-3-11(4-9)20(23)24/h1-7H,8H2,(H,19,22). The van der Waals surface area contributed by atoms with E-state index in [4.69, 9.17) is 27.9 Å². The second-order valence-electron chi connectivity index (χ2n) is 4.93. The largest absolute Gasteiger partial charge is 0.476 e. The Kier molecular flexibility index (Phi) is 6.63. The van der Waals surface area contributed by atoms with E-state index in [2.05, 4.69) is 10.5 Å². The molecule has 0 saturated carbocycles. The molecule has 0 aliphatic heterocycles. The van der Waals surface area contributed by atoms with Crippen LogP contribution in [-0.4, -0.2) is 28.6 Å². The van der Waals surface area contributed by atoms with Crippen molar-refractivity contribution >= 4 is 46.7 Å². The maximum atomic E-state index is 11.7. The van der Waals surface area contributed by atoms with E-state index in [1.54, 1.807) is 6.07 Å². The van der Waals surface area contributed by atoms with Crippen molar-refractivity contribution < 1.29 is 19.4 Å². The minimum Gasteiger partial charge on any atom is -0.476 e. The lowest BCUT2D eigenvalue weighted by molar-refractivity contribution is -0.385. The molecule has 10 nitrogen and oxygen atoms in total. The normalized spacial score (nSPS) is 10.6. The van der Waals surface area contributed by atoms with Crippen LogP contribution < -0.4 is 10.2 Å². The van der Waals surface area contributed by atoms with Crippen molar-refractivity contribution in [2.45, 2.75) is 0 Å². The predicted molar refractivity (Wildman–Crippen MR) is 97.4 cm³/mol. The van der Waals surface area contributed by atoms with Crippen molar-refractivity contribution in [2.24, 2.45) is 5.10 Å². The van der Waals surface area contributed by atoms with E-state index in [0.717, 1.165) is 6.07 Å². The Balaban J connectivity index is 1.98. The monoisotopic (exact) mass is 412 g/mol. The average Bonchev–Trinajstić information content (AvgIpc) is 2.60. The quantitative estimate of drug-likeness (QED) is 0.420. The maximum absolute atomic E-state index is 11.7. The highest BCUT2D eigenvalue weighted by Crippen LogP contribution is 2.37. The highest BCUT2D eigenvalue weighted by Gasteiger charge is 2.21.